The summed E-state index contributed by atoms with van der Waals surface area (Å²) in [5, 5.41) is 20.5. The number of ether oxygens (including phenoxy) is 1. The lowest BCUT2D eigenvalue weighted by Crippen LogP contribution is -2.18. The number of rotatable bonds is 6. The van der Waals surface area contributed by atoms with E-state index in [4.69, 9.17) is 4.74 Å². The van der Waals surface area contributed by atoms with Crippen LogP contribution in [0.1, 0.15) is 25.8 Å². The van der Waals surface area contributed by atoms with Crippen LogP contribution in [0.25, 0.3) is 0 Å². The minimum Gasteiger partial charge on any atom is -0.496 e. The van der Waals surface area contributed by atoms with Crippen molar-refractivity contribution in [2.75, 3.05) is 7.11 Å². The quantitative estimate of drug-likeness (QED) is 0.624. The summed E-state index contributed by atoms with van der Waals surface area (Å²) in [4.78, 5) is 10.3. The Bertz CT molecular complexity index is 419. The molecule has 2 atom stereocenters. The summed E-state index contributed by atoms with van der Waals surface area (Å²) in [6.45, 7) is 3.83. The van der Waals surface area contributed by atoms with Gasteiger partial charge in [-0.1, -0.05) is 13.8 Å². The van der Waals surface area contributed by atoms with E-state index in [1.54, 1.807) is 6.07 Å². The van der Waals surface area contributed by atoms with Gasteiger partial charge < -0.3 is 9.84 Å². The molecule has 5 heteroatoms. The molecule has 100 valence electrons. The third kappa shape index (κ3) is 3.43. The molecule has 0 spiro atoms. The van der Waals surface area contributed by atoms with Crippen molar-refractivity contribution in [1.82, 2.24) is 0 Å². The summed E-state index contributed by atoms with van der Waals surface area (Å²) in [5.41, 5.74) is 0.802. The van der Waals surface area contributed by atoms with Crippen LogP contribution in [-0.4, -0.2) is 23.2 Å². The molecule has 0 bridgehead atoms. The van der Waals surface area contributed by atoms with E-state index in [0.29, 0.717) is 18.6 Å². The monoisotopic (exact) mass is 253 g/mol. The first kappa shape index (κ1) is 14.4. The molecular weight excluding hydrogens is 234 g/mol. The van der Waals surface area contributed by atoms with Crippen molar-refractivity contribution in [3.8, 4) is 5.75 Å². The highest BCUT2D eigenvalue weighted by Crippen LogP contribution is 2.27. The smallest absolute Gasteiger partial charge is 0.269 e. The molecule has 1 aromatic rings. The van der Waals surface area contributed by atoms with E-state index in [0.717, 1.165) is 5.56 Å². The van der Waals surface area contributed by atoms with Crippen molar-refractivity contribution >= 4 is 5.69 Å². The van der Waals surface area contributed by atoms with Crippen LogP contribution in [0.3, 0.4) is 0 Å². The van der Waals surface area contributed by atoms with Crippen molar-refractivity contribution in [2.24, 2.45) is 5.92 Å². The Morgan fingerprint density at radius 3 is 2.67 bits per heavy atom. The molecule has 0 heterocycles. The second kappa shape index (κ2) is 6.35. The van der Waals surface area contributed by atoms with E-state index in [2.05, 4.69) is 0 Å². The molecule has 0 saturated heterocycles. The maximum atomic E-state index is 10.7. The van der Waals surface area contributed by atoms with Gasteiger partial charge in [0.25, 0.3) is 5.69 Å². The number of aliphatic hydroxyl groups is 1. The molecule has 1 N–H and O–H groups in total. The second-order valence-electron chi connectivity index (χ2n) is 4.41. The maximum Gasteiger partial charge on any atom is 0.269 e. The minimum absolute atomic E-state index is 0.0332. The van der Waals surface area contributed by atoms with E-state index in [1.807, 2.05) is 13.8 Å². The molecule has 2 unspecified atom stereocenters. The largest absolute Gasteiger partial charge is 0.496 e. The zero-order chi connectivity index (χ0) is 13.7. The fraction of sp³-hybridized carbons (Fsp3) is 0.538. The predicted molar refractivity (Wildman–Crippen MR) is 68.8 cm³/mol. The highest BCUT2D eigenvalue weighted by Gasteiger charge is 2.17. The first-order valence-electron chi connectivity index (χ1n) is 5.99. The number of hydrogen-bond donors (Lipinski definition) is 1. The lowest BCUT2D eigenvalue weighted by molar-refractivity contribution is -0.384. The molecule has 5 nitrogen and oxygen atoms in total. The number of nitro benzene ring substituents is 1. The van der Waals surface area contributed by atoms with Crippen molar-refractivity contribution in [1.29, 1.82) is 0 Å². The SMILES string of the molecule is CCC(O)C(C)Cc1cc([N+](=O)[O-])ccc1OC. The van der Waals surface area contributed by atoms with Gasteiger partial charge in [0.1, 0.15) is 5.75 Å². The summed E-state index contributed by atoms with van der Waals surface area (Å²) in [6, 6.07) is 4.53. The Kier molecular flexibility index (Phi) is 5.09. The van der Waals surface area contributed by atoms with Crippen molar-refractivity contribution < 1.29 is 14.8 Å². The maximum absolute atomic E-state index is 10.7. The lowest BCUT2D eigenvalue weighted by atomic mass is 9.94. The van der Waals surface area contributed by atoms with Crippen LogP contribution >= 0.6 is 0 Å². The van der Waals surface area contributed by atoms with Crippen LogP contribution in [0.4, 0.5) is 5.69 Å². The molecule has 1 aromatic carbocycles. The number of benzene rings is 1. The zero-order valence-corrected chi connectivity index (χ0v) is 10.9. The number of nitro groups is 1. The van der Waals surface area contributed by atoms with E-state index in [-0.39, 0.29) is 11.6 Å². The molecule has 0 aliphatic carbocycles. The zero-order valence-electron chi connectivity index (χ0n) is 10.9. The van der Waals surface area contributed by atoms with Crippen LogP contribution in [0.2, 0.25) is 0 Å². The molecule has 18 heavy (non-hydrogen) atoms. The van der Waals surface area contributed by atoms with Gasteiger partial charge in [-0.25, -0.2) is 0 Å². The Labute approximate surface area is 107 Å². The summed E-state index contributed by atoms with van der Waals surface area (Å²) < 4.78 is 5.19. The third-order valence-electron chi connectivity index (χ3n) is 3.09. The number of nitrogens with zero attached hydrogens (tertiary/aromatic N) is 1. The van der Waals surface area contributed by atoms with Gasteiger partial charge in [0, 0.05) is 17.7 Å². The van der Waals surface area contributed by atoms with Gasteiger partial charge in [0.05, 0.1) is 18.1 Å². The van der Waals surface area contributed by atoms with Gasteiger partial charge in [-0.3, -0.25) is 10.1 Å². The van der Waals surface area contributed by atoms with Gasteiger partial charge in [0.2, 0.25) is 0 Å². The summed E-state index contributed by atoms with van der Waals surface area (Å²) >= 11 is 0. The standard InChI is InChI=1S/C13H19NO4/c1-4-12(15)9(2)7-10-8-11(14(16)17)5-6-13(10)18-3/h5-6,8-9,12,15H,4,7H2,1-3H3. The van der Waals surface area contributed by atoms with E-state index in [1.165, 1.54) is 19.2 Å². The Morgan fingerprint density at radius 1 is 1.50 bits per heavy atom. The summed E-state index contributed by atoms with van der Waals surface area (Å²) in [5.74, 6) is 0.654. The molecule has 0 aliphatic heterocycles. The summed E-state index contributed by atoms with van der Waals surface area (Å²) in [7, 11) is 1.53. The van der Waals surface area contributed by atoms with Crippen molar-refractivity contribution in [3.63, 3.8) is 0 Å². The topological polar surface area (TPSA) is 72.6 Å². The number of aliphatic hydroxyl groups excluding tert-OH is 1. The molecule has 0 fully saturated rings. The fourth-order valence-corrected chi connectivity index (χ4v) is 1.92. The van der Waals surface area contributed by atoms with Gasteiger partial charge in [0.15, 0.2) is 0 Å². The van der Waals surface area contributed by atoms with Gasteiger partial charge in [-0.15, -0.1) is 0 Å². The van der Waals surface area contributed by atoms with Crippen LogP contribution in [0, 0.1) is 16.0 Å². The second-order valence-corrected chi connectivity index (χ2v) is 4.41. The van der Waals surface area contributed by atoms with Gasteiger partial charge in [-0.2, -0.15) is 0 Å². The van der Waals surface area contributed by atoms with Crippen LogP contribution < -0.4 is 4.74 Å². The van der Waals surface area contributed by atoms with E-state index < -0.39 is 11.0 Å². The average Bonchev–Trinajstić information content (AvgIpc) is 2.37. The molecule has 0 aliphatic rings. The Hall–Kier alpha value is -1.62. The normalized spacial score (nSPS) is 14.0. The molecular formula is C13H19NO4. The Morgan fingerprint density at radius 2 is 2.17 bits per heavy atom. The average molecular weight is 253 g/mol. The van der Waals surface area contributed by atoms with Crippen LogP contribution in [0.5, 0.6) is 5.75 Å². The third-order valence-corrected chi connectivity index (χ3v) is 3.09. The molecule has 0 radical (unpaired) electrons. The van der Waals surface area contributed by atoms with Crippen LogP contribution in [-0.2, 0) is 6.42 Å². The number of non-ortho nitro benzene ring substituents is 1. The number of hydrogen-bond acceptors (Lipinski definition) is 4. The van der Waals surface area contributed by atoms with Crippen molar-refractivity contribution in [2.45, 2.75) is 32.8 Å². The van der Waals surface area contributed by atoms with Crippen LogP contribution in [0.15, 0.2) is 18.2 Å². The minimum atomic E-state index is -0.427. The van der Waals surface area contributed by atoms with Gasteiger partial charge >= 0.3 is 0 Å². The highest BCUT2D eigenvalue weighted by molar-refractivity contribution is 5.44. The molecule has 0 aromatic heterocycles. The van der Waals surface area contributed by atoms with E-state index >= 15 is 0 Å². The van der Waals surface area contributed by atoms with Gasteiger partial charge in [-0.05, 0) is 24.8 Å². The predicted octanol–water partition coefficient (Wildman–Crippen LogP) is 2.55. The lowest BCUT2D eigenvalue weighted by Gasteiger charge is -2.18. The first-order valence-corrected chi connectivity index (χ1v) is 5.99. The first-order chi connectivity index (χ1) is 8.49. The molecule has 1 rings (SSSR count). The molecule has 0 amide bonds. The van der Waals surface area contributed by atoms with E-state index in [9.17, 15) is 15.2 Å². The number of methoxy groups -OCH3 is 1. The summed E-state index contributed by atoms with van der Waals surface area (Å²) in [6.07, 6.45) is 0.812. The molecule has 0 saturated carbocycles. The fourth-order valence-electron chi connectivity index (χ4n) is 1.92. The Balaban J connectivity index is 2.97. The van der Waals surface area contributed by atoms with Crippen molar-refractivity contribution in [3.05, 3.63) is 33.9 Å². The highest BCUT2D eigenvalue weighted by atomic mass is 16.6.